The Morgan fingerprint density at radius 3 is 3.11 bits per heavy atom. The first-order valence-corrected chi connectivity index (χ1v) is 6.98. The zero-order valence-electron chi connectivity index (χ0n) is 10.4. The Morgan fingerprint density at radius 1 is 1.67 bits per heavy atom. The minimum absolute atomic E-state index is 0.0296. The number of nitrogens with one attached hydrogen (secondary N) is 2. The summed E-state index contributed by atoms with van der Waals surface area (Å²) in [6.45, 7) is 3.03. The fourth-order valence-corrected chi connectivity index (χ4v) is 2.58. The standard InChI is InChI=1S/C12H17N3O2S/c1-8-15-10(7-18-8)4-5-13-12(17)9-2-3-11(16)14-6-9/h7,9H,2-6H2,1H3,(H,13,17)(H,14,16). The van der Waals surface area contributed by atoms with E-state index in [0.29, 0.717) is 25.9 Å². The van der Waals surface area contributed by atoms with Crippen LogP contribution in [0.1, 0.15) is 23.5 Å². The van der Waals surface area contributed by atoms with E-state index in [9.17, 15) is 9.59 Å². The van der Waals surface area contributed by atoms with E-state index in [1.807, 2.05) is 12.3 Å². The average molecular weight is 267 g/mol. The molecule has 0 spiro atoms. The van der Waals surface area contributed by atoms with Gasteiger partial charge in [-0.05, 0) is 13.3 Å². The third kappa shape index (κ3) is 3.53. The lowest BCUT2D eigenvalue weighted by molar-refractivity contribution is -0.128. The van der Waals surface area contributed by atoms with Crippen molar-refractivity contribution < 1.29 is 9.59 Å². The summed E-state index contributed by atoms with van der Waals surface area (Å²) < 4.78 is 0. The molecule has 2 N–H and O–H groups in total. The summed E-state index contributed by atoms with van der Waals surface area (Å²) in [5.41, 5.74) is 1.02. The van der Waals surface area contributed by atoms with Crippen molar-refractivity contribution in [1.29, 1.82) is 0 Å². The Kier molecular flexibility index (Phi) is 4.30. The second kappa shape index (κ2) is 5.95. The molecule has 1 aliphatic rings. The smallest absolute Gasteiger partial charge is 0.224 e. The van der Waals surface area contributed by atoms with Crippen molar-refractivity contribution in [2.45, 2.75) is 26.2 Å². The summed E-state index contributed by atoms with van der Waals surface area (Å²) in [4.78, 5) is 27.1. The molecule has 5 nitrogen and oxygen atoms in total. The molecule has 0 aliphatic carbocycles. The monoisotopic (exact) mass is 267 g/mol. The van der Waals surface area contributed by atoms with Crippen LogP contribution in [0.15, 0.2) is 5.38 Å². The van der Waals surface area contributed by atoms with Crippen LogP contribution < -0.4 is 10.6 Å². The van der Waals surface area contributed by atoms with Gasteiger partial charge < -0.3 is 10.6 Å². The van der Waals surface area contributed by atoms with Gasteiger partial charge in [-0.15, -0.1) is 11.3 Å². The molecule has 0 aromatic carbocycles. The lowest BCUT2D eigenvalue weighted by atomic mass is 9.98. The van der Waals surface area contributed by atoms with Gasteiger partial charge in [0.25, 0.3) is 0 Å². The summed E-state index contributed by atoms with van der Waals surface area (Å²) in [5, 5.41) is 8.68. The van der Waals surface area contributed by atoms with Crippen molar-refractivity contribution >= 4 is 23.2 Å². The van der Waals surface area contributed by atoms with E-state index >= 15 is 0 Å². The maximum atomic E-state index is 11.8. The quantitative estimate of drug-likeness (QED) is 0.841. The van der Waals surface area contributed by atoms with Crippen LogP contribution in [0.2, 0.25) is 0 Å². The van der Waals surface area contributed by atoms with E-state index in [1.54, 1.807) is 11.3 Å². The van der Waals surface area contributed by atoms with Gasteiger partial charge in [0.2, 0.25) is 11.8 Å². The first-order valence-electron chi connectivity index (χ1n) is 6.10. The number of hydrogen-bond acceptors (Lipinski definition) is 4. The molecule has 1 atom stereocenters. The Labute approximate surface area is 110 Å². The third-order valence-corrected chi connectivity index (χ3v) is 3.81. The van der Waals surface area contributed by atoms with Crippen molar-refractivity contribution in [2.24, 2.45) is 5.92 Å². The molecule has 2 heterocycles. The maximum absolute atomic E-state index is 11.8. The van der Waals surface area contributed by atoms with Gasteiger partial charge in [0.05, 0.1) is 16.6 Å². The number of amides is 2. The zero-order chi connectivity index (χ0) is 13.0. The molecule has 1 aliphatic heterocycles. The second-order valence-electron chi connectivity index (χ2n) is 4.44. The van der Waals surface area contributed by atoms with Crippen molar-refractivity contribution in [3.63, 3.8) is 0 Å². The first kappa shape index (κ1) is 13.0. The number of carbonyl (C=O) groups excluding carboxylic acids is 2. The number of thiazole rings is 1. The molecule has 1 saturated heterocycles. The highest BCUT2D eigenvalue weighted by atomic mass is 32.1. The average Bonchev–Trinajstić information content (AvgIpc) is 2.76. The van der Waals surface area contributed by atoms with Gasteiger partial charge in [0.1, 0.15) is 0 Å². The molecule has 2 rings (SSSR count). The van der Waals surface area contributed by atoms with Crippen LogP contribution in [0.25, 0.3) is 0 Å². The Hall–Kier alpha value is -1.43. The van der Waals surface area contributed by atoms with Crippen molar-refractivity contribution in [3.05, 3.63) is 16.1 Å². The number of aryl methyl sites for hydroxylation is 1. The van der Waals surface area contributed by atoms with E-state index in [1.165, 1.54) is 0 Å². The fourth-order valence-electron chi connectivity index (χ4n) is 1.94. The summed E-state index contributed by atoms with van der Waals surface area (Å²) >= 11 is 1.62. The summed E-state index contributed by atoms with van der Waals surface area (Å²) in [5.74, 6) is -0.0150. The fraction of sp³-hybridized carbons (Fsp3) is 0.583. The number of hydrogen-bond donors (Lipinski definition) is 2. The lowest BCUT2D eigenvalue weighted by Crippen LogP contribution is -2.43. The number of carbonyl (C=O) groups is 2. The summed E-state index contributed by atoms with van der Waals surface area (Å²) in [6, 6.07) is 0. The molecular weight excluding hydrogens is 250 g/mol. The van der Waals surface area contributed by atoms with Gasteiger partial charge in [0, 0.05) is 31.3 Å². The first-order chi connectivity index (χ1) is 8.65. The minimum Gasteiger partial charge on any atom is -0.355 e. The number of aromatic nitrogens is 1. The molecule has 1 unspecified atom stereocenters. The highest BCUT2D eigenvalue weighted by molar-refractivity contribution is 7.09. The predicted molar refractivity (Wildman–Crippen MR) is 69.3 cm³/mol. The molecule has 1 aromatic heterocycles. The number of piperidine rings is 1. The number of rotatable bonds is 4. The molecule has 18 heavy (non-hydrogen) atoms. The van der Waals surface area contributed by atoms with Crippen LogP contribution >= 0.6 is 11.3 Å². The van der Waals surface area contributed by atoms with Crippen molar-refractivity contribution in [2.75, 3.05) is 13.1 Å². The minimum atomic E-state index is -0.0835. The topological polar surface area (TPSA) is 71.1 Å². The normalized spacial score (nSPS) is 19.4. The molecule has 0 radical (unpaired) electrons. The Bertz CT molecular complexity index is 434. The van der Waals surface area contributed by atoms with Crippen LogP contribution in [-0.4, -0.2) is 29.9 Å². The molecule has 0 bridgehead atoms. The molecule has 1 aromatic rings. The zero-order valence-corrected chi connectivity index (χ0v) is 11.2. The molecule has 1 fully saturated rings. The van der Waals surface area contributed by atoms with Crippen LogP contribution in [0.3, 0.4) is 0 Å². The van der Waals surface area contributed by atoms with Crippen molar-refractivity contribution in [1.82, 2.24) is 15.6 Å². The van der Waals surface area contributed by atoms with Crippen LogP contribution in [0.5, 0.6) is 0 Å². The maximum Gasteiger partial charge on any atom is 0.224 e. The van der Waals surface area contributed by atoms with Gasteiger partial charge in [-0.25, -0.2) is 4.98 Å². The predicted octanol–water partition coefficient (Wildman–Crippen LogP) is 0.636. The van der Waals surface area contributed by atoms with Gasteiger partial charge in [-0.2, -0.15) is 0 Å². The van der Waals surface area contributed by atoms with Gasteiger partial charge in [-0.3, -0.25) is 9.59 Å². The highest BCUT2D eigenvalue weighted by Gasteiger charge is 2.23. The van der Waals surface area contributed by atoms with E-state index in [0.717, 1.165) is 17.1 Å². The van der Waals surface area contributed by atoms with Gasteiger partial charge in [0.15, 0.2) is 0 Å². The summed E-state index contributed by atoms with van der Waals surface area (Å²) in [7, 11) is 0. The van der Waals surface area contributed by atoms with E-state index < -0.39 is 0 Å². The van der Waals surface area contributed by atoms with E-state index in [4.69, 9.17) is 0 Å². The third-order valence-electron chi connectivity index (χ3n) is 2.98. The van der Waals surface area contributed by atoms with Crippen LogP contribution in [0.4, 0.5) is 0 Å². The molecule has 0 saturated carbocycles. The Balaban J connectivity index is 1.70. The molecule has 98 valence electrons. The van der Waals surface area contributed by atoms with Crippen LogP contribution in [-0.2, 0) is 16.0 Å². The molecule has 2 amide bonds. The number of nitrogens with zero attached hydrogens (tertiary/aromatic N) is 1. The van der Waals surface area contributed by atoms with Gasteiger partial charge >= 0.3 is 0 Å². The van der Waals surface area contributed by atoms with E-state index in [-0.39, 0.29) is 17.7 Å². The molecular formula is C12H17N3O2S. The SMILES string of the molecule is Cc1nc(CCNC(=O)C2CCC(=O)NC2)cs1. The van der Waals surface area contributed by atoms with Gasteiger partial charge in [-0.1, -0.05) is 0 Å². The summed E-state index contributed by atoms with van der Waals surface area (Å²) in [6.07, 6.45) is 1.85. The van der Waals surface area contributed by atoms with E-state index in [2.05, 4.69) is 15.6 Å². The van der Waals surface area contributed by atoms with Crippen LogP contribution in [0, 0.1) is 12.8 Å². The second-order valence-corrected chi connectivity index (χ2v) is 5.50. The molecule has 6 heteroatoms. The largest absolute Gasteiger partial charge is 0.355 e. The Morgan fingerprint density at radius 2 is 2.50 bits per heavy atom. The van der Waals surface area contributed by atoms with Crippen molar-refractivity contribution in [3.8, 4) is 0 Å². The lowest BCUT2D eigenvalue weighted by Gasteiger charge is -2.21. The highest BCUT2D eigenvalue weighted by Crippen LogP contribution is 2.11.